The molecule has 0 bridgehead atoms. The van der Waals surface area contributed by atoms with Crippen LogP contribution in [0.2, 0.25) is 44.3 Å². The number of hydrogen-bond donors (Lipinski definition) is 0. The predicted octanol–water partition coefficient (Wildman–Crippen LogP) is 14.7. The third-order valence-electron chi connectivity index (χ3n) is 16.5. The van der Waals surface area contributed by atoms with E-state index in [9.17, 15) is 0 Å². The smallest absolute Gasteiger partial charge is 0.358 e. The van der Waals surface area contributed by atoms with E-state index in [1.807, 2.05) is 0 Å². The molecule has 0 nitrogen and oxygen atoms in total. The van der Waals surface area contributed by atoms with E-state index in [2.05, 4.69) is 276 Å². The zero-order chi connectivity index (χ0) is 51.5. The van der Waals surface area contributed by atoms with E-state index in [-0.39, 0.29) is 93.0 Å². The van der Waals surface area contributed by atoms with Crippen molar-refractivity contribution in [2.75, 3.05) is 0 Å². The van der Waals surface area contributed by atoms with Gasteiger partial charge in [0.25, 0.3) is 0 Å². The first-order valence-corrected chi connectivity index (χ1v) is 36.7. The van der Waals surface area contributed by atoms with E-state index in [4.69, 9.17) is 0 Å². The van der Waals surface area contributed by atoms with E-state index >= 15 is 0 Å². The molecule has 7 aromatic rings. The SMILES string of the molecule is CC1=[C-]C(C)([Si](c2cccc(C)c2)(c2cccc(C)c2)c2cc(C)cc([Si](C)(C)C)c2)C(C)=C1C.Cc1ccc([Si](c2ccc(C)cc2)(c2cc(C)cc([Si](C)(C)C)c2)[c-]2c(C)c(C)c(C)c2C)cc1.[CH3-].[CH3-].[CH3-].[CH3-].[CH3-].[CH3-].[Ti+4].[Ti+4]. The molecular formula is C72H100Si4Ti2. The van der Waals surface area contributed by atoms with Crippen LogP contribution in [0.4, 0.5) is 0 Å². The van der Waals surface area contributed by atoms with Gasteiger partial charge in [-0.2, -0.15) is 33.4 Å². The molecule has 1 aliphatic carbocycles. The summed E-state index contributed by atoms with van der Waals surface area (Å²) in [5, 5.41) is 13.5. The molecule has 412 valence electrons. The normalized spacial score (nSPS) is 13.9. The Morgan fingerprint density at radius 2 is 0.692 bits per heavy atom. The first-order chi connectivity index (χ1) is 32.7. The van der Waals surface area contributed by atoms with Crippen LogP contribution in [0.1, 0.15) is 83.3 Å². The van der Waals surface area contributed by atoms with Crippen molar-refractivity contribution in [2.45, 2.75) is 141 Å². The summed E-state index contributed by atoms with van der Waals surface area (Å²) in [7, 11) is -8.23. The Bertz CT molecular complexity index is 3030. The van der Waals surface area contributed by atoms with Crippen LogP contribution in [0.5, 0.6) is 0 Å². The Balaban J connectivity index is 0. The molecule has 0 saturated heterocycles. The van der Waals surface area contributed by atoms with Crippen LogP contribution in [0, 0.1) is 120 Å². The summed E-state index contributed by atoms with van der Waals surface area (Å²) in [5.41, 5.74) is 18.1. The number of rotatable bonds is 10. The second-order valence-corrected chi connectivity index (χ2v) is 41.8. The van der Waals surface area contributed by atoms with Crippen molar-refractivity contribution in [1.29, 1.82) is 0 Å². The van der Waals surface area contributed by atoms with Gasteiger partial charge >= 0.3 is 43.4 Å². The topological polar surface area (TPSA) is 0 Å². The van der Waals surface area contributed by atoms with Crippen molar-refractivity contribution in [1.82, 2.24) is 0 Å². The second-order valence-electron chi connectivity index (χ2n) is 23.6. The number of allylic oxidation sites excluding steroid dienone is 4. The van der Waals surface area contributed by atoms with Crippen LogP contribution in [-0.4, -0.2) is 32.3 Å². The minimum Gasteiger partial charge on any atom is -0.358 e. The molecule has 0 aromatic heterocycles. The van der Waals surface area contributed by atoms with Crippen molar-refractivity contribution in [3.63, 3.8) is 0 Å². The maximum Gasteiger partial charge on any atom is 4.00 e. The Morgan fingerprint density at radius 1 is 0.359 bits per heavy atom. The molecule has 1 unspecified atom stereocenters. The first kappa shape index (κ1) is 76.5. The van der Waals surface area contributed by atoms with E-state index in [0.29, 0.717) is 0 Å². The van der Waals surface area contributed by atoms with E-state index in [1.54, 1.807) is 15.6 Å². The number of hydrogen-bond acceptors (Lipinski definition) is 0. The first-order valence-electron chi connectivity index (χ1n) is 25.7. The third kappa shape index (κ3) is 14.0. The molecule has 7 aromatic carbocycles. The molecule has 0 spiro atoms. The van der Waals surface area contributed by atoms with Gasteiger partial charge < -0.3 is 44.6 Å². The molecule has 0 heterocycles. The minimum absolute atomic E-state index is 0. The van der Waals surface area contributed by atoms with Crippen molar-refractivity contribution >= 4 is 79.0 Å². The van der Waals surface area contributed by atoms with Gasteiger partial charge in [-0.25, -0.2) is 5.57 Å². The Kier molecular flexibility index (Phi) is 28.4. The van der Waals surface area contributed by atoms with Gasteiger partial charge in [0.2, 0.25) is 0 Å². The van der Waals surface area contributed by atoms with E-state index in [0.717, 1.165) is 0 Å². The van der Waals surface area contributed by atoms with E-state index in [1.165, 1.54) is 103 Å². The van der Waals surface area contributed by atoms with Gasteiger partial charge in [0.05, 0.1) is 16.1 Å². The van der Waals surface area contributed by atoms with Gasteiger partial charge in [0, 0.05) is 0 Å². The second kappa shape index (κ2) is 28.9. The summed E-state index contributed by atoms with van der Waals surface area (Å²) in [4.78, 5) is 0. The molecule has 0 fully saturated rings. The minimum atomic E-state index is -2.63. The average molecular weight is 1170 g/mol. The van der Waals surface area contributed by atoms with Crippen molar-refractivity contribution in [2.24, 2.45) is 0 Å². The van der Waals surface area contributed by atoms with Crippen LogP contribution in [0.25, 0.3) is 0 Å². The fourth-order valence-electron chi connectivity index (χ4n) is 11.9. The monoisotopic (exact) mass is 1170 g/mol. The molecule has 8 rings (SSSR count). The van der Waals surface area contributed by atoms with Crippen LogP contribution in [0.3, 0.4) is 0 Å². The van der Waals surface area contributed by atoms with E-state index < -0.39 is 32.3 Å². The van der Waals surface area contributed by atoms with Crippen molar-refractivity contribution < 1.29 is 43.4 Å². The molecule has 78 heavy (non-hydrogen) atoms. The summed E-state index contributed by atoms with van der Waals surface area (Å²) in [5.74, 6) is 0. The molecule has 6 heteroatoms. The fourth-order valence-corrected chi connectivity index (χ4v) is 26.5. The largest absolute Gasteiger partial charge is 4.00 e. The van der Waals surface area contributed by atoms with Crippen LogP contribution in [0.15, 0.2) is 150 Å². The van der Waals surface area contributed by atoms with Gasteiger partial charge in [-0.05, 0) is 57.1 Å². The summed E-state index contributed by atoms with van der Waals surface area (Å²) in [6.45, 7) is 47.0. The standard InChI is InChI=1S/2C33H41Si2.6CH3.2Ti/c1-22-11-15-29(16-12-22)35(30-17-13-23(2)14-18-30,33-27(6)25(4)26(5)28(33)7)32-20-24(3)19-31(21-32)34(8,9)10;1-23-13-11-15-29(17-23)35(30-16-12-14-24(2)18-30,33(7)22-26(4)27(5)28(33)6)32-20-25(3)19-31(21-32)34(8,9)10;;;;;;;;/h2*11-21H,1-10H3;6*1H3;;/q8*-1;2*+4. The molecular weight excluding hydrogens is 1070 g/mol. The molecule has 0 saturated carbocycles. The molecule has 0 radical (unpaired) electrons. The number of benzene rings is 6. The predicted molar refractivity (Wildman–Crippen MR) is 361 cm³/mol. The fraction of sp³-hybridized carbons (Fsp3) is 0.292. The summed E-state index contributed by atoms with van der Waals surface area (Å²) in [6.07, 6.45) is 4.10. The Hall–Kier alpha value is -3.55. The van der Waals surface area contributed by atoms with Gasteiger partial charge in [0.1, 0.15) is 16.1 Å². The molecule has 1 aliphatic rings. The number of aryl methyl sites for hydroxylation is 6. The molecule has 0 aliphatic heterocycles. The third-order valence-corrected chi connectivity index (χ3v) is 31.1. The van der Waals surface area contributed by atoms with Gasteiger partial charge in [-0.3, -0.25) is 6.08 Å². The summed E-state index contributed by atoms with van der Waals surface area (Å²) in [6, 6.07) is 52.8. The maximum atomic E-state index is 4.10. The zero-order valence-electron chi connectivity index (χ0n) is 53.7. The Morgan fingerprint density at radius 3 is 1.03 bits per heavy atom. The molecule has 0 N–H and O–H groups in total. The summed E-state index contributed by atoms with van der Waals surface area (Å²) < 4.78 is 0. The van der Waals surface area contributed by atoms with Crippen molar-refractivity contribution in [3.8, 4) is 0 Å². The Labute approximate surface area is 515 Å². The van der Waals surface area contributed by atoms with Crippen molar-refractivity contribution in [3.05, 3.63) is 256 Å². The van der Waals surface area contributed by atoms with Gasteiger partial charge in [0.15, 0.2) is 0 Å². The van der Waals surface area contributed by atoms with Gasteiger partial charge in [-0.1, -0.05) is 286 Å². The van der Waals surface area contributed by atoms with Gasteiger partial charge in [-0.15, -0.1) is 12.1 Å². The molecule has 1 atom stereocenters. The summed E-state index contributed by atoms with van der Waals surface area (Å²) >= 11 is 0. The maximum absolute atomic E-state index is 4.10. The van der Waals surface area contributed by atoms with Crippen LogP contribution < -0.4 is 46.7 Å². The molecule has 0 amide bonds. The zero-order valence-corrected chi connectivity index (χ0v) is 60.8. The van der Waals surface area contributed by atoms with Crippen LogP contribution >= 0.6 is 0 Å². The van der Waals surface area contributed by atoms with Crippen LogP contribution in [-0.2, 0) is 43.4 Å². The quantitative estimate of drug-likeness (QED) is 0.0727. The average Bonchev–Trinajstić information content (AvgIpc) is 3.61.